The van der Waals surface area contributed by atoms with Crippen molar-refractivity contribution < 1.29 is 9.84 Å². The Labute approximate surface area is 169 Å². The van der Waals surface area contributed by atoms with Crippen LogP contribution in [0.4, 0.5) is 0 Å². The summed E-state index contributed by atoms with van der Waals surface area (Å²) in [5, 5.41) is 23.0. The molecule has 0 bridgehead atoms. The van der Waals surface area contributed by atoms with Crippen LogP contribution >= 0.6 is 11.8 Å². The van der Waals surface area contributed by atoms with Crippen LogP contribution in [0, 0.1) is 6.92 Å². The molecule has 0 saturated carbocycles. The standard InChI is InChI=1S/C21H26N4O2S/c1-15-9-5-7-11-18(15)25-20(22-23-24-25)28-14-16(26)13-27-19-12-8-6-10-17(19)21(2,3)4/h5-12,16,26H,13-14H2,1-4H3. The Morgan fingerprint density at radius 2 is 1.82 bits per heavy atom. The summed E-state index contributed by atoms with van der Waals surface area (Å²) in [6.45, 7) is 8.67. The van der Waals surface area contributed by atoms with Crippen LogP contribution in [-0.2, 0) is 5.41 Å². The topological polar surface area (TPSA) is 73.1 Å². The van der Waals surface area contributed by atoms with E-state index in [4.69, 9.17) is 4.74 Å². The second-order valence-electron chi connectivity index (χ2n) is 7.68. The molecular weight excluding hydrogens is 372 g/mol. The van der Waals surface area contributed by atoms with Crippen molar-refractivity contribution in [2.75, 3.05) is 12.4 Å². The Kier molecular flexibility index (Phi) is 6.36. The molecule has 0 spiro atoms. The Hall–Kier alpha value is -2.38. The fourth-order valence-electron chi connectivity index (χ4n) is 2.84. The molecule has 3 aromatic rings. The highest BCUT2D eigenvalue weighted by atomic mass is 32.2. The molecule has 0 radical (unpaired) electrons. The zero-order valence-electron chi connectivity index (χ0n) is 16.7. The van der Waals surface area contributed by atoms with E-state index < -0.39 is 6.10 Å². The molecule has 2 aromatic carbocycles. The molecule has 7 heteroatoms. The quantitative estimate of drug-likeness (QED) is 0.610. The number of hydrogen-bond acceptors (Lipinski definition) is 6. The first-order chi connectivity index (χ1) is 13.4. The third-order valence-corrected chi connectivity index (χ3v) is 5.38. The van der Waals surface area contributed by atoms with Crippen LogP contribution in [-0.4, -0.2) is 43.8 Å². The van der Waals surface area contributed by atoms with E-state index in [2.05, 4.69) is 42.4 Å². The number of rotatable bonds is 7. The van der Waals surface area contributed by atoms with E-state index in [1.807, 2.05) is 49.4 Å². The average molecular weight is 399 g/mol. The van der Waals surface area contributed by atoms with Gasteiger partial charge in [0.1, 0.15) is 12.4 Å². The van der Waals surface area contributed by atoms with E-state index in [0.29, 0.717) is 10.9 Å². The van der Waals surface area contributed by atoms with Crippen molar-refractivity contribution in [3.63, 3.8) is 0 Å². The van der Waals surface area contributed by atoms with Crippen LogP contribution in [0.15, 0.2) is 53.7 Å². The fraction of sp³-hybridized carbons (Fsp3) is 0.381. The highest BCUT2D eigenvalue weighted by Crippen LogP contribution is 2.31. The van der Waals surface area contributed by atoms with Crippen molar-refractivity contribution in [2.24, 2.45) is 0 Å². The predicted molar refractivity (Wildman–Crippen MR) is 111 cm³/mol. The van der Waals surface area contributed by atoms with Crippen LogP contribution < -0.4 is 4.74 Å². The smallest absolute Gasteiger partial charge is 0.214 e. The molecule has 6 nitrogen and oxygen atoms in total. The first kappa shape index (κ1) is 20.4. The SMILES string of the molecule is Cc1ccccc1-n1nnnc1SCC(O)COc1ccccc1C(C)(C)C. The van der Waals surface area contributed by atoms with Gasteiger partial charge in [0.2, 0.25) is 5.16 Å². The lowest BCUT2D eigenvalue weighted by Crippen LogP contribution is -2.22. The largest absolute Gasteiger partial charge is 0.491 e. The minimum atomic E-state index is -0.639. The van der Waals surface area contributed by atoms with E-state index in [9.17, 15) is 5.11 Å². The Morgan fingerprint density at radius 3 is 2.57 bits per heavy atom. The molecule has 0 saturated heterocycles. The highest BCUT2D eigenvalue weighted by Gasteiger charge is 2.19. The van der Waals surface area contributed by atoms with E-state index in [1.54, 1.807) is 4.68 Å². The number of ether oxygens (including phenoxy) is 1. The highest BCUT2D eigenvalue weighted by molar-refractivity contribution is 7.99. The number of thioether (sulfide) groups is 1. The van der Waals surface area contributed by atoms with Gasteiger partial charge in [0, 0.05) is 5.75 Å². The zero-order valence-corrected chi connectivity index (χ0v) is 17.5. The zero-order chi connectivity index (χ0) is 20.1. The average Bonchev–Trinajstić information content (AvgIpc) is 3.13. The van der Waals surface area contributed by atoms with Gasteiger partial charge in [0.25, 0.3) is 0 Å². The summed E-state index contributed by atoms with van der Waals surface area (Å²) < 4.78 is 7.60. The molecule has 148 valence electrons. The van der Waals surface area contributed by atoms with E-state index in [1.165, 1.54) is 11.8 Å². The minimum Gasteiger partial charge on any atom is -0.491 e. The molecule has 1 N–H and O–H groups in total. The lowest BCUT2D eigenvalue weighted by molar-refractivity contribution is 0.125. The van der Waals surface area contributed by atoms with Gasteiger partial charge in [0.15, 0.2) is 0 Å². The van der Waals surface area contributed by atoms with Crippen molar-refractivity contribution in [3.8, 4) is 11.4 Å². The van der Waals surface area contributed by atoms with E-state index in [-0.39, 0.29) is 12.0 Å². The molecule has 1 aromatic heterocycles. The lowest BCUT2D eigenvalue weighted by Gasteiger charge is -2.23. The molecule has 0 aliphatic carbocycles. The van der Waals surface area contributed by atoms with Crippen molar-refractivity contribution in [1.82, 2.24) is 20.2 Å². The summed E-state index contributed by atoms with van der Waals surface area (Å²) in [4.78, 5) is 0. The Balaban J connectivity index is 1.60. The van der Waals surface area contributed by atoms with Crippen molar-refractivity contribution in [2.45, 2.75) is 44.4 Å². The lowest BCUT2D eigenvalue weighted by atomic mass is 9.86. The number of para-hydroxylation sites is 2. The number of aliphatic hydroxyl groups excluding tert-OH is 1. The first-order valence-corrected chi connectivity index (χ1v) is 10.2. The van der Waals surface area contributed by atoms with Crippen LogP contribution in [0.5, 0.6) is 5.75 Å². The summed E-state index contributed by atoms with van der Waals surface area (Å²) >= 11 is 1.41. The molecule has 1 unspecified atom stereocenters. The van der Waals surface area contributed by atoms with Gasteiger partial charge >= 0.3 is 0 Å². The van der Waals surface area contributed by atoms with E-state index >= 15 is 0 Å². The van der Waals surface area contributed by atoms with Crippen molar-refractivity contribution >= 4 is 11.8 Å². The maximum atomic E-state index is 10.4. The molecule has 0 aliphatic heterocycles. The molecule has 3 rings (SSSR count). The molecule has 1 heterocycles. The summed E-state index contributed by atoms with van der Waals surface area (Å²) in [5.74, 6) is 1.24. The van der Waals surface area contributed by atoms with Gasteiger partial charge in [-0.25, -0.2) is 0 Å². The van der Waals surface area contributed by atoms with Gasteiger partial charge in [-0.05, 0) is 46.0 Å². The number of aliphatic hydroxyl groups is 1. The molecule has 28 heavy (non-hydrogen) atoms. The second-order valence-corrected chi connectivity index (χ2v) is 8.67. The van der Waals surface area contributed by atoms with Crippen LogP contribution in [0.1, 0.15) is 31.9 Å². The Morgan fingerprint density at radius 1 is 1.11 bits per heavy atom. The maximum absolute atomic E-state index is 10.4. The van der Waals surface area contributed by atoms with Gasteiger partial charge in [-0.2, -0.15) is 4.68 Å². The number of nitrogens with zero attached hydrogens (tertiary/aromatic N) is 4. The monoisotopic (exact) mass is 398 g/mol. The summed E-state index contributed by atoms with van der Waals surface area (Å²) in [6.07, 6.45) is -0.639. The van der Waals surface area contributed by atoms with Crippen LogP contribution in [0.25, 0.3) is 5.69 Å². The van der Waals surface area contributed by atoms with Crippen molar-refractivity contribution in [1.29, 1.82) is 0 Å². The molecule has 0 aliphatic rings. The van der Waals surface area contributed by atoms with Gasteiger partial charge in [-0.15, -0.1) is 5.10 Å². The van der Waals surface area contributed by atoms with Gasteiger partial charge in [-0.3, -0.25) is 0 Å². The van der Waals surface area contributed by atoms with Crippen LogP contribution in [0.3, 0.4) is 0 Å². The molecule has 0 amide bonds. The minimum absolute atomic E-state index is 0.0219. The summed E-state index contributed by atoms with van der Waals surface area (Å²) in [7, 11) is 0. The predicted octanol–water partition coefficient (Wildman–Crippen LogP) is 3.80. The van der Waals surface area contributed by atoms with Gasteiger partial charge < -0.3 is 9.84 Å². The molecule has 0 fully saturated rings. The van der Waals surface area contributed by atoms with E-state index in [0.717, 1.165) is 22.6 Å². The van der Waals surface area contributed by atoms with Crippen molar-refractivity contribution in [3.05, 3.63) is 59.7 Å². The molecular formula is C21H26N4O2S. The molecule has 1 atom stereocenters. The van der Waals surface area contributed by atoms with Crippen LogP contribution in [0.2, 0.25) is 0 Å². The first-order valence-electron chi connectivity index (χ1n) is 9.24. The van der Waals surface area contributed by atoms with Gasteiger partial charge in [-0.1, -0.05) is 68.9 Å². The number of hydrogen-bond donors (Lipinski definition) is 1. The Bertz CT molecular complexity index is 921. The van der Waals surface area contributed by atoms with Gasteiger partial charge in [0.05, 0.1) is 11.8 Å². The maximum Gasteiger partial charge on any atom is 0.214 e. The number of tetrazole rings is 1. The fourth-order valence-corrected chi connectivity index (χ4v) is 3.63. The summed E-state index contributed by atoms with van der Waals surface area (Å²) in [6, 6.07) is 15.9. The number of benzene rings is 2. The second kappa shape index (κ2) is 8.75. The third-order valence-electron chi connectivity index (χ3n) is 4.32. The summed E-state index contributed by atoms with van der Waals surface area (Å²) in [5.41, 5.74) is 3.11. The normalized spacial score (nSPS) is 12.8. The number of aryl methyl sites for hydroxylation is 1. The third kappa shape index (κ3) is 4.91. The number of aromatic nitrogens is 4.